The third-order valence-electron chi connectivity index (χ3n) is 2.62. The van der Waals surface area contributed by atoms with E-state index in [0.29, 0.717) is 4.57 Å². The van der Waals surface area contributed by atoms with Gasteiger partial charge in [0.15, 0.2) is 6.10 Å². The van der Waals surface area contributed by atoms with Crippen LogP contribution >= 0.6 is 0 Å². The van der Waals surface area contributed by atoms with Crippen LogP contribution in [0.25, 0.3) is 0 Å². The molecular weight excluding hydrogens is 252 g/mol. The standard InChI is InChI=1S/C9H11F2N3O4/c10-9(11)6(16)4(15)3-18-7(9)14-2-1-5(12)13-8(14)17/h1-2,4,6-7,15-16H,3H2,(H2,12,13,17)/t4-,6-,7+/m1/s1. The van der Waals surface area contributed by atoms with E-state index in [-0.39, 0.29) is 5.82 Å². The van der Waals surface area contributed by atoms with Gasteiger partial charge in [0.05, 0.1) is 6.61 Å². The van der Waals surface area contributed by atoms with E-state index in [1.807, 2.05) is 0 Å². The van der Waals surface area contributed by atoms with E-state index in [1.165, 1.54) is 0 Å². The Bertz CT molecular complexity index is 507. The first-order valence-corrected chi connectivity index (χ1v) is 5.04. The van der Waals surface area contributed by atoms with Gasteiger partial charge in [-0.15, -0.1) is 0 Å². The zero-order valence-electron chi connectivity index (χ0n) is 9.03. The van der Waals surface area contributed by atoms with E-state index < -0.39 is 36.7 Å². The summed E-state index contributed by atoms with van der Waals surface area (Å²) in [4.78, 5) is 14.7. The topological polar surface area (TPSA) is 111 Å². The number of aliphatic hydroxyl groups is 2. The number of aromatic nitrogens is 2. The molecule has 0 saturated carbocycles. The molecule has 4 N–H and O–H groups in total. The summed E-state index contributed by atoms with van der Waals surface area (Å²) in [5, 5.41) is 18.4. The van der Waals surface area contributed by atoms with Crippen LogP contribution in [0, 0.1) is 0 Å². The monoisotopic (exact) mass is 263 g/mol. The van der Waals surface area contributed by atoms with Crippen molar-refractivity contribution in [3.63, 3.8) is 0 Å². The Morgan fingerprint density at radius 1 is 1.56 bits per heavy atom. The van der Waals surface area contributed by atoms with Crippen LogP contribution in [0.1, 0.15) is 6.23 Å². The van der Waals surface area contributed by atoms with Crippen molar-refractivity contribution >= 4 is 5.82 Å². The fourth-order valence-corrected chi connectivity index (χ4v) is 1.66. The van der Waals surface area contributed by atoms with Crippen molar-refractivity contribution in [3.05, 3.63) is 22.7 Å². The van der Waals surface area contributed by atoms with E-state index in [4.69, 9.17) is 15.6 Å². The molecule has 18 heavy (non-hydrogen) atoms. The molecule has 1 aromatic rings. The van der Waals surface area contributed by atoms with Gasteiger partial charge >= 0.3 is 11.6 Å². The highest BCUT2D eigenvalue weighted by atomic mass is 19.3. The predicted octanol–water partition coefficient (Wildman–Crippen LogP) is -1.29. The minimum atomic E-state index is -3.82. The molecule has 0 amide bonds. The van der Waals surface area contributed by atoms with Crippen molar-refractivity contribution in [3.8, 4) is 0 Å². The molecule has 9 heteroatoms. The minimum Gasteiger partial charge on any atom is -0.388 e. The molecular formula is C9H11F2N3O4. The van der Waals surface area contributed by atoms with Gasteiger partial charge in [-0.05, 0) is 6.07 Å². The zero-order valence-corrected chi connectivity index (χ0v) is 9.03. The van der Waals surface area contributed by atoms with Crippen LogP contribution in [0.3, 0.4) is 0 Å². The number of anilines is 1. The summed E-state index contributed by atoms with van der Waals surface area (Å²) in [6.45, 7) is -0.516. The lowest BCUT2D eigenvalue weighted by atomic mass is 10.0. The van der Waals surface area contributed by atoms with Gasteiger partial charge in [-0.25, -0.2) is 4.79 Å². The molecule has 3 atom stereocenters. The number of halogens is 2. The number of hydrogen-bond acceptors (Lipinski definition) is 6. The fourth-order valence-electron chi connectivity index (χ4n) is 1.66. The molecule has 2 rings (SSSR count). The summed E-state index contributed by atoms with van der Waals surface area (Å²) in [5.41, 5.74) is 4.21. The minimum absolute atomic E-state index is 0.115. The van der Waals surface area contributed by atoms with E-state index in [0.717, 1.165) is 12.3 Å². The SMILES string of the molecule is Nc1ccn([C@H]2OC[C@@H](O)[C@@H](O)C2(F)F)c(=O)n1. The van der Waals surface area contributed by atoms with Crippen LogP contribution in [0.15, 0.2) is 17.1 Å². The van der Waals surface area contributed by atoms with Gasteiger partial charge in [0.2, 0.25) is 6.23 Å². The Hall–Kier alpha value is -1.58. The quantitative estimate of drug-likeness (QED) is 0.581. The average Bonchev–Trinajstić information content (AvgIpc) is 2.28. The summed E-state index contributed by atoms with van der Waals surface area (Å²) in [6, 6.07) is 1.15. The fraction of sp³-hybridized carbons (Fsp3) is 0.556. The van der Waals surface area contributed by atoms with Crippen LogP contribution in [0.4, 0.5) is 14.6 Å². The number of hydrogen-bond donors (Lipinski definition) is 3. The van der Waals surface area contributed by atoms with Gasteiger partial charge in [0, 0.05) is 6.20 Å². The maximum atomic E-state index is 13.7. The smallest absolute Gasteiger partial charge is 0.351 e. The van der Waals surface area contributed by atoms with Gasteiger partial charge in [0.1, 0.15) is 11.9 Å². The summed E-state index contributed by atoms with van der Waals surface area (Å²) >= 11 is 0. The van der Waals surface area contributed by atoms with Gasteiger partial charge in [0.25, 0.3) is 0 Å². The van der Waals surface area contributed by atoms with E-state index in [1.54, 1.807) is 0 Å². The highest BCUT2D eigenvalue weighted by molar-refractivity contribution is 5.23. The zero-order chi connectivity index (χ0) is 13.5. The van der Waals surface area contributed by atoms with Crippen LogP contribution in [0.2, 0.25) is 0 Å². The van der Waals surface area contributed by atoms with Gasteiger partial charge < -0.3 is 20.7 Å². The largest absolute Gasteiger partial charge is 0.388 e. The first-order valence-electron chi connectivity index (χ1n) is 5.04. The predicted molar refractivity (Wildman–Crippen MR) is 54.9 cm³/mol. The molecule has 0 unspecified atom stereocenters. The van der Waals surface area contributed by atoms with E-state index >= 15 is 0 Å². The molecule has 1 aliphatic heterocycles. The number of nitrogens with two attached hydrogens (primary N) is 1. The van der Waals surface area contributed by atoms with Crippen molar-refractivity contribution in [2.75, 3.05) is 12.3 Å². The Labute approximate surface area is 99.4 Å². The number of aliphatic hydroxyl groups excluding tert-OH is 2. The van der Waals surface area contributed by atoms with Crippen molar-refractivity contribution < 1.29 is 23.7 Å². The molecule has 7 nitrogen and oxygen atoms in total. The molecule has 0 radical (unpaired) electrons. The molecule has 1 aromatic heterocycles. The number of ether oxygens (including phenoxy) is 1. The second kappa shape index (κ2) is 4.26. The first-order chi connectivity index (χ1) is 8.34. The highest BCUT2D eigenvalue weighted by Gasteiger charge is 2.55. The Kier molecular flexibility index (Phi) is 3.05. The Morgan fingerprint density at radius 3 is 2.83 bits per heavy atom. The number of alkyl halides is 2. The molecule has 1 aliphatic rings. The van der Waals surface area contributed by atoms with Crippen molar-refractivity contribution in [1.29, 1.82) is 0 Å². The molecule has 100 valence electrons. The van der Waals surface area contributed by atoms with Crippen LogP contribution in [-0.2, 0) is 4.74 Å². The number of rotatable bonds is 1. The van der Waals surface area contributed by atoms with Crippen LogP contribution in [-0.4, -0.2) is 44.5 Å². The Balaban J connectivity index is 2.41. The van der Waals surface area contributed by atoms with E-state index in [9.17, 15) is 18.7 Å². The average molecular weight is 263 g/mol. The number of nitrogens with zero attached hydrogens (tertiary/aromatic N) is 2. The molecule has 0 aliphatic carbocycles. The van der Waals surface area contributed by atoms with Crippen LogP contribution in [0.5, 0.6) is 0 Å². The van der Waals surface area contributed by atoms with Gasteiger partial charge in [-0.3, -0.25) is 4.57 Å². The second-order valence-corrected chi connectivity index (χ2v) is 3.91. The normalized spacial score (nSPS) is 31.2. The van der Waals surface area contributed by atoms with Crippen molar-refractivity contribution in [2.24, 2.45) is 0 Å². The summed E-state index contributed by atoms with van der Waals surface area (Å²) in [6.07, 6.45) is -5.07. The number of nitrogen functional groups attached to an aromatic ring is 1. The molecule has 2 heterocycles. The first kappa shape index (κ1) is 12.9. The van der Waals surface area contributed by atoms with Gasteiger partial charge in [-0.2, -0.15) is 13.8 Å². The maximum absolute atomic E-state index is 13.7. The summed E-state index contributed by atoms with van der Waals surface area (Å²) in [5.74, 6) is -3.94. The lowest BCUT2D eigenvalue weighted by molar-refractivity contribution is -0.287. The second-order valence-electron chi connectivity index (χ2n) is 3.91. The molecule has 0 aromatic carbocycles. The van der Waals surface area contributed by atoms with Crippen molar-refractivity contribution in [1.82, 2.24) is 9.55 Å². The highest BCUT2D eigenvalue weighted by Crippen LogP contribution is 2.37. The summed E-state index contributed by atoms with van der Waals surface area (Å²) in [7, 11) is 0. The van der Waals surface area contributed by atoms with Crippen LogP contribution < -0.4 is 11.4 Å². The third-order valence-corrected chi connectivity index (χ3v) is 2.62. The molecule has 1 saturated heterocycles. The van der Waals surface area contributed by atoms with Crippen molar-refractivity contribution in [2.45, 2.75) is 24.4 Å². The van der Waals surface area contributed by atoms with E-state index in [2.05, 4.69) is 4.98 Å². The Morgan fingerprint density at radius 2 is 2.22 bits per heavy atom. The maximum Gasteiger partial charge on any atom is 0.351 e. The molecule has 0 bridgehead atoms. The lowest BCUT2D eigenvalue weighted by Crippen LogP contribution is -2.56. The third kappa shape index (κ3) is 1.96. The molecule has 0 spiro atoms. The lowest BCUT2D eigenvalue weighted by Gasteiger charge is -2.38. The summed E-state index contributed by atoms with van der Waals surface area (Å²) < 4.78 is 32.7. The van der Waals surface area contributed by atoms with Gasteiger partial charge in [-0.1, -0.05) is 0 Å². The molecule has 1 fully saturated rings.